The Balaban J connectivity index is 2.32. The van der Waals surface area contributed by atoms with Crippen LogP contribution in [0.15, 0.2) is 18.2 Å². The van der Waals surface area contributed by atoms with Crippen LogP contribution in [0.1, 0.15) is 57.6 Å². The minimum absolute atomic E-state index is 0.0870. The van der Waals surface area contributed by atoms with Crippen molar-refractivity contribution >= 4 is 11.6 Å². The molecule has 1 aromatic carbocycles. The molecule has 1 fully saturated rings. The van der Waals surface area contributed by atoms with Crippen LogP contribution in [0.4, 0.5) is 4.39 Å². The third-order valence-corrected chi connectivity index (χ3v) is 4.95. The monoisotopic (exact) mass is 297 g/mol. The molecule has 1 aliphatic carbocycles. The highest BCUT2D eigenvalue weighted by molar-refractivity contribution is 6.30. The molecule has 1 aromatic rings. The molecule has 112 valence electrons. The zero-order valence-electron chi connectivity index (χ0n) is 12.5. The lowest BCUT2D eigenvalue weighted by molar-refractivity contribution is 0.174. The van der Waals surface area contributed by atoms with Gasteiger partial charge >= 0.3 is 0 Å². The summed E-state index contributed by atoms with van der Waals surface area (Å²) < 4.78 is 14.4. The second-order valence-corrected chi connectivity index (χ2v) is 6.20. The molecule has 0 aliphatic heterocycles. The first-order chi connectivity index (χ1) is 9.69. The van der Waals surface area contributed by atoms with Crippen molar-refractivity contribution < 1.29 is 4.39 Å². The van der Waals surface area contributed by atoms with E-state index in [2.05, 4.69) is 19.2 Å². The van der Waals surface area contributed by atoms with Crippen molar-refractivity contribution in [3.8, 4) is 0 Å². The molecule has 0 bridgehead atoms. The number of nitrogens with one attached hydrogen (secondary N) is 1. The van der Waals surface area contributed by atoms with Gasteiger partial charge < -0.3 is 5.32 Å². The SMILES string of the molecule is CCNC(c1cccc(Cl)c1F)C1CCCCC1CC. The van der Waals surface area contributed by atoms with E-state index in [9.17, 15) is 4.39 Å². The Hall–Kier alpha value is -0.600. The molecule has 3 atom stereocenters. The molecule has 3 heteroatoms. The second-order valence-electron chi connectivity index (χ2n) is 5.80. The van der Waals surface area contributed by atoms with Gasteiger partial charge in [-0.05, 0) is 30.9 Å². The van der Waals surface area contributed by atoms with Gasteiger partial charge in [0.25, 0.3) is 0 Å². The molecule has 0 saturated heterocycles. The minimum Gasteiger partial charge on any atom is -0.310 e. The number of benzene rings is 1. The van der Waals surface area contributed by atoms with E-state index in [-0.39, 0.29) is 16.9 Å². The van der Waals surface area contributed by atoms with Crippen LogP contribution in [0, 0.1) is 17.7 Å². The lowest BCUT2D eigenvalue weighted by Gasteiger charge is -2.37. The Morgan fingerprint density at radius 2 is 2.05 bits per heavy atom. The fourth-order valence-corrected chi connectivity index (χ4v) is 3.84. The Morgan fingerprint density at radius 1 is 1.30 bits per heavy atom. The Kier molecular flexibility index (Phi) is 5.86. The van der Waals surface area contributed by atoms with Crippen molar-refractivity contribution in [2.45, 2.75) is 52.0 Å². The molecule has 0 heterocycles. The molecule has 1 saturated carbocycles. The van der Waals surface area contributed by atoms with E-state index in [4.69, 9.17) is 11.6 Å². The first-order valence-electron chi connectivity index (χ1n) is 7.86. The molecule has 1 aliphatic rings. The van der Waals surface area contributed by atoms with Gasteiger partial charge in [0, 0.05) is 11.6 Å². The fraction of sp³-hybridized carbons (Fsp3) is 0.647. The predicted octanol–water partition coefficient (Wildman–Crippen LogP) is 5.35. The molecule has 1 nitrogen and oxygen atoms in total. The molecular formula is C17H25ClFN. The fourth-order valence-electron chi connectivity index (χ4n) is 3.65. The molecule has 1 N–H and O–H groups in total. The molecule has 2 rings (SSSR count). The number of hydrogen-bond acceptors (Lipinski definition) is 1. The number of hydrogen-bond donors (Lipinski definition) is 1. The number of halogens is 2. The zero-order valence-corrected chi connectivity index (χ0v) is 13.2. The van der Waals surface area contributed by atoms with Gasteiger partial charge in [0.15, 0.2) is 0 Å². The van der Waals surface area contributed by atoms with Crippen LogP contribution in [0.5, 0.6) is 0 Å². The Labute approximate surface area is 126 Å². The van der Waals surface area contributed by atoms with Crippen LogP contribution in [0.25, 0.3) is 0 Å². The van der Waals surface area contributed by atoms with Crippen LogP contribution in [0.2, 0.25) is 5.02 Å². The van der Waals surface area contributed by atoms with Crippen LogP contribution >= 0.6 is 11.6 Å². The molecule has 0 spiro atoms. The quantitative estimate of drug-likeness (QED) is 0.773. The summed E-state index contributed by atoms with van der Waals surface area (Å²) in [5, 5.41) is 3.73. The summed E-state index contributed by atoms with van der Waals surface area (Å²) in [5.74, 6) is 0.952. The lowest BCUT2D eigenvalue weighted by Crippen LogP contribution is -2.35. The predicted molar refractivity (Wildman–Crippen MR) is 83.6 cm³/mol. The highest BCUT2D eigenvalue weighted by atomic mass is 35.5. The maximum atomic E-state index is 14.4. The summed E-state index contributed by atoms with van der Waals surface area (Å²) in [6.45, 7) is 5.18. The summed E-state index contributed by atoms with van der Waals surface area (Å²) >= 11 is 5.96. The Morgan fingerprint density at radius 3 is 2.75 bits per heavy atom. The van der Waals surface area contributed by atoms with Gasteiger partial charge in [-0.15, -0.1) is 0 Å². The Bertz CT molecular complexity index is 435. The van der Waals surface area contributed by atoms with E-state index >= 15 is 0 Å². The summed E-state index contributed by atoms with van der Waals surface area (Å²) in [6.07, 6.45) is 6.19. The molecule has 0 aromatic heterocycles. The first-order valence-corrected chi connectivity index (χ1v) is 8.24. The molecular weight excluding hydrogens is 273 g/mol. The molecule has 20 heavy (non-hydrogen) atoms. The summed E-state index contributed by atoms with van der Waals surface area (Å²) in [6, 6.07) is 5.45. The van der Waals surface area contributed by atoms with Crippen molar-refractivity contribution in [1.82, 2.24) is 5.32 Å². The second kappa shape index (κ2) is 7.42. The third-order valence-electron chi connectivity index (χ3n) is 4.66. The maximum Gasteiger partial charge on any atom is 0.146 e. The molecule has 0 amide bonds. The van der Waals surface area contributed by atoms with E-state index in [0.717, 1.165) is 12.1 Å². The van der Waals surface area contributed by atoms with Gasteiger partial charge in [0.1, 0.15) is 5.82 Å². The van der Waals surface area contributed by atoms with E-state index < -0.39 is 0 Å². The van der Waals surface area contributed by atoms with Crippen molar-refractivity contribution in [2.75, 3.05) is 6.54 Å². The molecule has 3 unspecified atom stereocenters. The van der Waals surface area contributed by atoms with Crippen LogP contribution in [-0.2, 0) is 0 Å². The number of rotatable bonds is 5. The largest absolute Gasteiger partial charge is 0.310 e. The van der Waals surface area contributed by atoms with Gasteiger partial charge in [0.05, 0.1) is 5.02 Å². The zero-order chi connectivity index (χ0) is 14.5. The summed E-state index contributed by atoms with van der Waals surface area (Å²) in [5.41, 5.74) is 0.740. The average molecular weight is 298 g/mol. The summed E-state index contributed by atoms with van der Waals surface area (Å²) in [7, 11) is 0. The van der Waals surface area contributed by atoms with Crippen LogP contribution in [-0.4, -0.2) is 6.54 Å². The van der Waals surface area contributed by atoms with Crippen molar-refractivity contribution in [3.05, 3.63) is 34.6 Å². The van der Waals surface area contributed by atoms with Gasteiger partial charge in [-0.25, -0.2) is 4.39 Å². The van der Waals surface area contributed by atoms with E-state index in [1.165, 1.54) is 32.1 Å². The van der Waals surface area contributed by atoms with Crippen LogP contribution < -0.4 is 5.32 Å². The summed E-state index contributed by atoms with van der Waals surface area (Å²) in [4.78, 5) is 0. The van der Waals surface area contributed by atoms with Crippen LogP contribution in [0.3, 0.4) is 0 Å². The normalized spacial score (nSPS) is 24.6. The topological polar surface area (TPSA) is 12.0 Å². The van der Waals surface area contributed by atoms with Crippen molar-refractivity contribution in [3.63, 3.8) is 0 Å². The smallest absolute Gasteiger partial charge is 0.146 e. The lowest BCUT2D eigenvalue weighted by atomic mass is 9.72. The van der Waals surface area contributed by atoms with E-state index in [1.807, 2.05) is 12.1 Å². The highest BCUT2D eigenvalue weighted by Gasteiger charge is 2.32. The average Bonchev–Trinajstić information content (AvgIpc) is 2.48. The third kappa shape index (κ3) is 3.35. The highest BCUT2D eigenvalue weighted by Crippen LogP contribution is 2.41. The standard InChI is InChI=1S/C17H25ClFN/c1-3-12-8-5-6-9-13(12)17(20-4-2)14-10-7-11-15(18)16(14)19/h7,10-13,17,20H,3-6,8-9H2,1-2H3. The first kappa shape index (κ1) is 15.8. The van der Waals surface area contributed by atoms with Gasteiger partial charge in [-0.2, -0.15) is 0 Å². The van der Waals surface area contributed by atoms with E-state index in [0.29, 0.717) is 11.8 Å². The van der Waals surface area contributed by atoms with E-state index in [1.54, 1.807) is 6.07 Å². The molecule has 0 radical (unpaired) electrons. The van der Waals surface area contributed by atoms with Gasteiger partial charge in [0.2, 0.25) is 0 Å². The maximum absolute atomic E-state index is 14.4. The van der Waals surface area contributed by atoms with Gasteiger partial charge in [-0.3, -0.25) is 0 Å². The minimum atomic E-state index is -0.249. The van der Waals surface area contributed by atoms with Gasteiger partial charge in [-0.1, -0.05) is 63.3 Å². The van der Waals surface area contributed by atoms with Crippen molar-refractivity contribution in [2.24, 2.45) is 11.8 Å². The van der Waals surface area contributed by atoms with Crippen molar-refractivity contribution in [1.29, 1.82) is 0 Å².